The third kappa shape index (κ3) is 3.43. The second kappa shape index (κ2) is 4.18. The van der Waals surface area contributed by atoms with Gasteiger partial charge in [0.25, 0.3) is 3.79 Å². The van der Waals surface area contributed by atoms with Crippen molar-refractivity contribution < 1.29 is 4.74 Å². The fraction of sp³-hybridized carbons (Fsp3) is 0.125. The molecule has 1 N–H and O–H groups in total. The summed E-state index contributed by atoms with van der Waals surface area (Å²) in [4.78, 5) is 0. The van der Waals surface area contributed by atoms with Crippen molar-refractivity contribution in [1.29, 1.82) is 5.41 Å². The van der Waals surface area contributed by atoms with Crippen molar-refractivity contribution in [2.75, 3.05) is 0 Å². The highest BCUT2D eigenvalue weighted by Gasteiger charge is 2.28. The highest BCUT2D eigenvalue weighted by molar-refractivity contribution is 6.76. The Balaban J connectivity index is 2.66. The molecule has 0 saturated heterocycles. The van der Waals surface area contributed by atoms with Crippen molar-refractivity contribution >= 4 is 40.7 Å². The van der Waals surface area contributed by atoms with Gasteiger partial charge in [0.05, 0.1) is 0 Å². The Labute approximate surface area is 90.9 Å². The molecule has 1 rings (SSSR count). The quantitative estimate of drug-likeness (QED) is 0.454. The topological polar surface area (TPSA) is 33.1 Å². The van der Waals surface area contributed by atoms with Gasteiger partial charge in [0.15, 0.2) is 0 Å². The number of para-hydroxylation sites is 1. The number of benzene rings is 1. The fourth-order valence-corrected chi connectivity index (χ4v) is 0.780. The van der Waals surface area contributed by atoms with E-state index in [1.54, 1.807) is 24.3 Å². The van der Waals surface area contributed by atoms with Crippen molar-refractivity contribution in [3.05, 3.63) is 30.3 Å². The molecule has 0 unspecified atom stereocenters. The van der Waals surface area contributed by atoms with Crippen LogP contribution in [0.1, 0.15) is 0 Å². The highest BCUT2D eigenvalue weighted by Crippen LogP contribution is 2.28. The van der Waals surface area contributed by atoms with Crippen LogP contribution in [0.25, 0.3) is 0 Å². The molecule has 0 atom stereocenters. The monoisotopic (exact) mass is 237 g/mol. The SMILES string of the molecule is N=C(Oc1ccccc1)C(Cl)(Cl)Cl. The lowest BCUT2D eigenvalue weighted by Gasteiger charge is -2.12. The number of ether oxygens (including phenoxy) is 1. The van der Waals surface area contributed by atoms with Gasteiger partial charge in [-0.15, -0.1) is 0 Å². The molecule has 0 saturated carbocycles. The Morgan fingerprint density at radius 2 is 1.69 bits per heavy atom. The van der Waals surface area contributed by atoms with E-state index < -0.39 is 9.69 Å². The molecule has 0 spiro atoms. The van der Waals surface area contributed by atoms with E-state index in [2.05, 4.69) is 0 Å². The first-order chi connectivity index (χ1) is 6.00. The molecule has 0 radical (unpaired) electrons. The molecule has 0 aliphatic carbocycles. The Hall–Kier alpha value is -0.440. The van der Waals surface area contributed by atoms with Gasteiger partial charge in [0.1, 0.15) is 5.75 Å². The summed E-state index contributed by atoms with van der Waals surface area (Å²) in [5, 5.41) is 7.26. The molecular weight excluding hydrogens is 232 g/mol. The Kier molecular flexibility index (Phi) is 3.42. The first-order valence-electron chi connectivity index (χ1n) is 3.39. The largest absolute Gasteiger partial charge is 0.439 e. The predicted molar refractivity (Wildman–Crippen MR) is 55.1 cm³/mol. The molecule has 0 fully saturated rings. The summed E-state index contributed by atoms with van der Waals surface area (Å²) in [5.41, 5.74) is 0. The van der Waals surface area contributed by atoms with E-state index in [4.69, 9.17) is 44.9 Å². The van der Waals surface area contributed by atoms with Crippen LogP contribution in [0, 0.1) is 5.41 Å². The molecule has 13 heavy (non-hydrogen) atoms. The van der Waals surface area contributed by atoms with E-state index in [1.165, 1.54) is 0 Å². The van der Waals surface area contributed by atoms with Crippen molar-refractivity contribution in [3.63, 3.8) is 0 Å². The van der Waals surface area contributed by atoms with Crippen LogP contribution in [0.2, 0.25) is 0 Å². The normalized spacial score (nSPS) is 11.0. The Bertz CT molecular complexity index is 294. The smallest absolute Gasteiger partial charge is 0.266 e. The number of halogens is 3. The average Bonchev–Trinajstić information content (AvgIpc) is 2.04. The van der Waals surface area contributed by atoms with E-state index in [0.717, 1.165) is 0 Å². The summed E-state index contributed by atoms with van der Waals surface area (Å²) in [5.74, 6) is 0.0579. The van der Waals surface area contributed by atoms with Gasteiger partial charge >= 0.3 is 0 Å². The van der Waals surface area contributed by atoms with Gasteiger partial charge in [-0.3, -0.25) is 5.41 Å². The molecule has 70 valence electrons. The van der Waals surface area contributed by atoms with Crippen molar-refractivity contribution in [2.45, 2.75) is 3.79 Å². The second-order valence-corrected chi connectivity index (χ2v) is 4.52. The van der Waals surface area contributed by atoms with Gasteiger partial charge in [-0.1, -0.05) is 53.0 Å². The van der Waals surface area contributed by atoms with E-state index in [9.17, 15) is 0 Å². The van der Waals surface area contributed by atoms with E-state index in [0.29, 0.717) is 5.75 Å². The van der Waals surface area contributed by atoms with E-state index >= 15 is 0 Å². The third-order valence-corrected chi connectivity index (χ3v) is 1.74. The molecule has 0 bridgehead atoms. The van der Waals surface area contributed by atoms with Crippen LogP contribution in [-0.4, -0.2) is 9.69 Å². The Morgan fingerprint density at radius 1 is 1.15 bits per heavy atom. The van der Waals surface area contributed by atoms with Gasteiger partial charge in [-0.2, -0.15) is 0 Å². The zero-order valence-corrected chi connectivity index (χ0v) is 8.70. The highest BCUT2D eigenvalue weighted by atomic mass is 35.6. The van der Waals surface area contributed by atoms with Gasteiger partial charge in [-0.25, -0.2) is 0 Å². The molecule has 1 aromatic carbocycles. The van der Waals surface area contributed by atoms with Crippen LogP contribution in [0.3, 0.4) is 0 Å². The van der Waals surface area contributed by atoms with E-state index in [-0.39, 0.29) is 0 Å². The lowest BCUT2D eigenvalue weighted by molar-refractivity contribution is 0.535. The van der Waals surface area contributed by atoms with Crippen LogP contribution < -0.4 is 4.74 Å². The first kappa shape index (κ1) is 10.6. The van der Waals surface area contributed by atoms with Gasteiger partial charge in [0.2, 0.25) is 5.90 Å². The molecule has 5 heteroatoms. The first-order valence-corrected chi connectivity index (χ1v) is 4.52. The number of nitrogens with one attached hydrogen (secondary N) is 1. The standard InChI is InChI=1S/C8H6Cl3NO/c9-8(10,11)7(12)13-6-4-2-1-3-5-6/h1-5,12H. The maximum Gasteiger partial charge on any atom is 0.266 e. The second-order valence-electron chi connectivity index (χ2n) is 2.24. The molecule has 2 nitrogen and oxygen atoms in total. The summed E-state index contributed by atoms with van der Waals surface area (Å²) in [6.07, 6.45) is 0. The summed E-state index contributed by atoms with van der Waals surface area (Å²) in [6, 6.07) is 8.70. The average molecular weight is 239 g/mol. The molecule has 0 aliphatic heterocycles. The van der Waals surface area contributed by atoms with Gasteiger partial charge in [-0.05, 0) is 12.1 Å². The minimum Gasteiger partial charge on any atom is -0.439 e. The van der Waals surface area contributed by atoms with Crippen molar-refractivity contribution in [1.82, 2.24) is 0 Å². The number of alkyl halides is 3. The summed E-state index contributed by atoms with van der Waals surface area (Å²) < 4.78 is 3.16. The number of hydrogen-bond donors (Lipinski definition) is 1. The minimum absolute atomic E-state index is 0.413. The van der Waals surface area contributed by atoms with Crippen LogP contribution >= 0.6 is 34.8 Å². The van der Waals surface area contributed by atoms with Crippen LogP contribution in [-0.2, 0) is 0 Å². The molecular formula is C8H6Cl3NO. The maximum absolute atomic E-state index is 7.26. The molecule has 0 amide bonds. The van der Waals surface area contributed by atoms with Gasteiger partial charge < -0.3 is 4.74 Å². The maximum atomic E-state index is 7.26. The Morgan fingerprint density at radius 3 is 2.15 bits per heavy atom. The van der Waals surface area contributed by atoms with Crippen molar-refractivity contribution in [2.24, 2.45) is 0 Å². The van der Waals surface area contributed by atoms with E-state index in [1.807, 2.05) is 6.07 Å². The molecule has 0 aromatic heterocycles. The lowest BCUT2D eigenvalue weighted by Crippen LogP contribution is -2.23. The third-order valence-electron chi connectivity index (χ3n) is 1.22. The van der Waals surface area contributed by atoms with Crippen LogP contribution in [0.5, 0.6) is 5.75 Å². The summed E-state index contributed by atoms with van der Waals surface area (Å²) >= 11 is 16.2. The molecule has 0 aliphatic rings. The van der Waals surface area contributed by atoms with Crippen molar-refractivity contribution in [3.8, 4) is 5.75 Å². The molecule has 1 aromatic rings. The fourth-order valence-electron chi connectivity index (χ4n) is 0.664. The number of rotatable bonds is 1. The van der Waals surface area contributed by atoms with Crippen LogP contribution in [0.15, 0.2) is 30.3 Å². The summed E-state index contributed by atoms with van der Waals surface area (Å²) in [6.45, 7) is 0. The predicted octanol–water partition coefficient (Wildman–Crippen LogP) is 3.41. The summed E-state index contributed by atoms with van der Waals surface area (Å²) in [7, 11) is 0. The number of hydrogen-bond acceptors (Lipinski definition) is 2. The molecule has 0 heterocycles. The zero-order chi connectivity index (χ0) is 9.90. The zero-order valence-electron chi connectivity index (χ0n) is 6.43. The minimum atomic E-state index is -1.81. The lowest BCUT2D eigenvalue weighted by atomic mass is 10.3. The van der Waals surface area contributed by atoms with Gasteiger partial charge in [0, 0.05) is 0 Å². The van der Waals surface area contributed by atoms with Crippen LogP contribution in [0.4, 0.5) is 0 Å².